The minimum atomic E-state index is -0.0253. The van der Waals surface area contributed by atoms with E-state index in [9.17, 15) is 4.79 Å². The predicted molar refractivity (Wildman–Crippen MR) is 108 cm³/mol. The molecule has 0 radical (unpaired) electrons. The fourth-order valence-electron chi connectivity index (χ4n) is 3.58. The maximum Gasteiger partial charge on any atom is 0.257 e. The van der Waals surface area contributed by atoms with Gasteiger partial charge in [0.15, 0.2) is 23.0 Å². The van der Waals surface area contributed by atoms with Crippen molar-refractivity contribution < 1.29 is 23.7 Å². The highest BCUT2D eigenvalue weighted by molar-refractivity contribution is 7.99. The molecule has 0 aromatic heterocycles. The average Bonchev–Trinajstić information content (AvgIpc) is 3.07. The van der Waals surface area contributed by atoms with Gasteiger partial charge in [-0.1, -0.05) is 12.1 Å². The Morgan fingerprint density at radius 1 is 1.11 bits per heavy atom. The van der Waals surface area contributed by atoms with Gasteiger partial charge in [-0.05, 0) is 36.2 Å². The van der Waals surface area contributed by atoms with Crippen molar-refractivity contribution in [1.82, 2.24) is 4.90 Å². The number of carbonyl (C=O) groups is 1. The second kappa shape index (κ2) is 8.22. The molecule has 1 amide bonds. The number of para-hydroxylation sites is 1. The molecular formula is C21H23NO5S. The molecule has 2 heterocycles. The molecule has 0 spiro atoms. The lowest BCUT2D eigenvalue weighted by Gasteiger charge is -2.22. The van der Waals surface area contributed by atoms with Gasteiger partial charge in [0.2, 0.25) is 6.79 Å². The highest BCUT2D eigenvalue weighted by Gasteiger charge is 2.26. The van der Waals surface area contributed by atoms with Gasteiger partial charge in [-0.15, -0.1) is 0 Å². The van der Waals surface area contributed by atoms with Gasteiger partial charge in [0, 0.05) is 24.1 Å². The van der Waals surface area contributed by atoms with E-state index in [1.54, 1.807) is 26.4 Å². The first-order valence-electron chi connectivity index (χ1n) is 9.22. The number of carbonyl (C=O) groups excluding carboxylic acids is 1. The van der Waals surface area contributed by atoms with Crippen LogP contribution in [0.3, 0.4) is 0 Å². The summed E-state index contributed by atoms with van der Waals surface area (Å²) in [7, 11) is 3.13. The van der Waals surface area contributed by atoms with Crippen LogP contribution in [0.1, 0.15) is 27.6 Å². The maximum atomic E-state index is 13.1. The van der Waals surface area contributed by atoms with Crippen molar-refractivity contribution in [2.45, 2.75) is 11.7 Å². The van der Waals surface area contributed by atoms with Crippen LogP contribution in [0, 0.1) is 0 Å². The first-order valence-corrected chi connectivity index (χ1v) is 10.3. The summed E-state index contributed by atoms with van der Waals surface area (Å²) in [4.78, 5) is 15.0. The Morgan fingerprint density at radius 2 is 1.96 bits per heavy atom. The lowest BCUT2D eigenvalue weighted by atomic mass is 10.1. The van der Waals surface area contributed by atoms with Gasteiger partial charge in [0.25, 0.3) is 5.91 Å². The number of amides is 1. The van der Waals surface area contributed by atoms with Crippen LogP contribution in [0.2, 0.25) is 0 Å². The third kappa shape index (κ3) is 3.58. The second-order valence-electron chi connectivity index (χ2n) is 6.59. The van der Waals surface area contributed by atoms with E-state index in [2.05, 4.69) is 12.1 Å². The zero-order valence-corrected chi connectivity index (χ0v) is 16.8. The van der Waals surface area contributed by atoms with Crippen molar-refractivity contribution in [3.8, 4) is 23.0 Å². The van der Waals surface area contributed by atoms with Gasteiger partial charge in [-0.25, -0.2) is 0 Å². The molecule has 1 unspecified atom stereocenters. The zero-order chi connectivity index (χ0) is 19.5. The molecule has 1 atom stereocenters. The lowest BCUT2D eigenvalue weighted by Crippen LogP contribution is -2.33. The summed E-state index contributed by atoms with van der Waals surface area (Å²) in [6, 6.07) is 11.5. The molecule has 6 nitrogen and oxygen atoms in total. The summed E-state index contributed by atoms with van der Waals surface area (Å²) in [5.41, 5.74) is 1.75. The SMILES string of the molecule is COc1cccc(C(=O)N2CCSC(c3ccc4c(c3)OCO4)CC2)c1OC. The Hall–Kier alpha value is -2.54. The van der Waals surface area contributed by atoms with Crippen LogP contribution in [0.4, 0.5) is 0 Å². The number of fused-ring (bicyclic) bond motifs is 1. The topological polar surface area (TPSA) is 57.2 Å². The molecule has 2 aliphatic heterocycles. The molecule has 1 fully saturated rings. The standard InChI is InChI=1S/C21H23NO5S/c1-24-17-5-3-4-15(20(17)25-2)21(23)22-9-8-19(28-11-10-22)14-6-7-16-18(12-14)27-13-26-16/h3-7,12,19H,8-11,13H2,1-2H3. The third-order valence-corrected chi connectivity index (χ3v) is 6.36. The number of rotatable bonds is 4. The van der Waals surface area contributed by atoms with E-state index in [-0.39, 0.29) is 12.7 Å². The van der Waals surface area contributed by atoms with E-state index in [1.165, 1.54) is 5.56 Å². The minimum absolute atomic E-state index is 0.0253. The van der Waals surface area contributed by atoms with Crippen molar-refractivity contribution in [2.75, 3.05) is 39.9 Å². The minimum Gasteiger partial charge on any atom is -0.493 e. The summed E-state index contributed by atoms with van der Waals surface area (Å²) >= 11 is 1.87. The Balaban J connectivity index is 1.49. The van der Waals surface area contributed by atoms with E-state index >= 15 is 0 Å². The molecule has 1 saturated heterocycles. The lowest BCUT2D eigenvalue weighted by molar-refractivity contribution is 0.0762. The van der Waals surface area contributed by atoms with Gasteiger partial charge in [-0.3, -0.25) is 4.79 Å². The highest BCUT2D eigenvalue weighted by Crippen LogP contribution is 2.40. The molecule has 2 aromatic carbocycles. The molecular weight excluding hydrogens is 378 g/mol. The van der Waals surface area contributed by atoms with Gasteiger partial charge >= 0.3 is 0 Å². The van der Waals surface area contributed by atoms with Crippen LogP contribution in [-0.4, -0.2) is 50.7 Å². The number of thioether (sulfide) groups is 1. The second-order valence-corrected chi connectivity index (χ2v) is 7.90. The molecule has 0 aliphatic carbocycles. The molecule has 2 aliphatic rings. The van der Waals surface area contributed by atoms with E-state index in [0.29, 0.717) is 35.4 Å². The van der Waals surface area contributed by atoms with Crippen molar-refractivity contribution >= 4 is 17.7 Å². The van der Waals surface area contributed by atoms with E-state index in [0.717, 1.165) is 23.7 Å². The quantitative estimate of drug-likeness (QED) is 0.778. The van der Waals surface area contributed by atoms with E-state index in [4.69, 9.17) is 18.9 Å². The van der Waals surface area contributed by atoms with Crippen molar-refractivity contribution in [2.24, 2.45) is 0 Å². The molecule has 4 rings (SSSR count). The maximum absolute atomic E-state index is 13.1. The summed E-state index contributed by atoms with van der Waals surface area (Å²) < 4.78 is 21.7. The zero-order valence-electron chi connectivity index (χ0n) is 16.0. The first kappa shape index (κ1) is 18.8. The monoisotopic (exact) mass is 401 g/mol. The molecule has 0 saturated carbocycles. The smallest absolute Gasteiger partial charge is 0.257 e. The van der Waals surface area contributed by atoms with Crippen molar-refractivity contribution in [3.63, 3.8) is 0 Å². The molecule has 0 bridgehead atoms. The van der Waals surface area contributed by atoms with Crippen LogP contribution in [0.25, 0.3) is 0 Å². The van der Waals surface area contributed by atoms with Gasteiger partial charge in [0.05, 0.1) is 19.8 Å². The first-order chi connectivity index (χ1) is 13.7. The molecule has 0 N–H and O–H groups in total. The fourth-order valence-corrected chi connectivity index (χ4v) is 4.80. The van der Waals surface area contributed by atoms with E-state index in [1.807, 2.05) is 28.8 Å². The number of nitrogens with zero attached hydrogens (tertiary/aromatic N) is 1. The van der Waals surface area contributed by atoms with Gasteiger partial charge in [-0.2, -0.15) is 11.8 Å². The van der Waals surface area contributed by atoms with Crippen LogP contribution in [0.15, 0.2) is 36.4 Å². The third-order valence-electron chi connectivity index (χ3n) is 5.03. The highest BCUT2D eigenvalue weighted by atomic mass is 32.2. The summed E-state index contributed by atoms with van der Waals surface area (Å²) in [6.45, 7) is 1.66. The Morgan fingerprint density at radius 3 is 2.79 bits per heavy atom. The molecule has 2 aromatic rings. The number of benzene rings is 2. The Bertz CT molecular complexity index is 872. The Kier molecular flexibility index (Phi) is 5.52. The van der Waals surface area contributed by atoms with Crippen molar-refractivity contribution in [1.29, 1.82) is 0 Å². The average molecular weight is 401 g/mol. The number of hydrogen-bond donors (Lipinski definition) is 0. The molecule has 28 heavy (non-hydrogen) atoms. The van der Waals surface area contributed by atoms with Crippen LogP contribution in [0.5, 0.6) is 23.0 Å². The number of methoxy groups -OCH3 is 2. The van der Waals surface area contributed by atoms with Gasteiger partial charge in [0.1, 0.15) is 0 Å². The molecule has 148 valence electrons. The van der Waals surface area contributed by atoms with Crippen LogP contribution in [-0.2, 0) is 0 Å². The van der Waals surface area contributed by atoms with E-state index < -0.39 is 0 Å². The number of ether oxygens (including phenoxy) is 4. The predicted octanol–water partition coefficient (Wildman–Crippen LogP) is 3.75. The normalized spacial score (nSPS) is 18.5. The summed E-state index contributed by atoms with van der Waals surface area (Å²) in [5, 5.41) is 0.319. The molecule has 7 heteroatoms. The van der Waals surface area contributed by atoms with Crippen LogP contribution >= 0.6 is 11.8 Å². The van der Waals surface area contributed by atoms with Crippen molar-refractivity contribution in [3.05, 3.63) is 47.5 Å². The van der Waals surface area contributed by atoms with Crippen LogP contribution < -0.4 is 18.9 Å². The summed E-state index contributed by atoms with van der Waals surface area (Å²) in [5.74, 6) is 3.50. The Labute approximate surface area is 168 Å². The largest absolute Gasteiger partial charge is 0.493 e. The van der Waals surface area contributed by atoms with Gasteiger partial charge < -0.3 is 23.8 Å². The fraction of sp³-hybridized carbons (Fsp3) is 0.381. The summed E-state index contributed by atoms with van der Waals surface area (Å²) in [6.07, 6.45) is 0.877. The number of hydrogen-bond acceptors (Lipinski definition) is 6.